The molecule has 0 fully saturated rings. The van der Waals surface area contributed by atoms with Crippen LogP contribution in [0.2, 0.25) is 0 Å². The number of nitrogens with one attached hydrogen (secondary N) is 2. The molecule has 0 saturated carbocycles. The molecule has 2 atom stereocenters. The van der Waals surface area contributed by atoms with Gasteiger partial charge in [-0.05, 0) is 24.3 Å². The van der Waals surface area contributed by atoms with Crippen LogP contribution in [0.4, 0.5) is 11.4 Å². The van der Waals surface area contributed by atoms with E-state index in [1.54, 1.807) is 0 Å². The summed E-state index contributed by atoms with van der Waals surface area (Å²) in [6.45, 7) is 0. The number of nitro benzene ring substituents is 2. The van der Waals surface area contributed by atoms with Crippen molar-refractivity contribution in [1.29, 1.82) is 0 Å². The first-order valence-electron chi connectivity index (χ1n) is 9.87. The maximum Gasteiger partial charge on any atom is 0.322 e. The Hall–Kier alpha value is -3.30. The first kappa shape index (κ1) is 30.9. The minimum Gasteiger partial charge on any atom is -0.480 e. The Balaban J connectivity index is 1.99. The standard InChI is InChI=1S/C18H18N4O12S4/c23-17(24)15(19-37(31,32)13-5-1-11(2-6-13)21(27)28)9-35-36-10-16(18(25)26)20-38(33,34)14-7-3-12(4-8-14)22(29)30/h1-8,15-16,19-20H,9-10H2,(H,23,24)(H,25,26)/t15-,16+. The molecule has 2 aromatic rings. The van der Waals surface area contributed by atoms with Gasteiger partial charge in [-0.1, -0.05) is 21.6 Å². The largest absolute Gasteiger partial charge is 0.480 e. The molecule has 2 rings (SSSR count). The molecular weight excluding hydrogens is 592 g/mol. The molecule has 0 amide bonds. The highest BCUT2D eigenvalue weighted by atomic mass is 33.1. The Morgan fingerprint density at radius 2 is 1.00 bits per heavy atom. The molecular formula is C18H18N4O12S4. The van der Waals surface area contributed by atoms with E-state index < -0.39 is 75.2 Å². The van der Waals surface area contributed by atoms with E-state index in [2.05, 4.69) is 0 Å². The van der Waals surface area contributed by atoms with Crippen molar-refractivity contribution in [3.8, 4) is 0 Å². The third kappa shape index (κ3) is 8.63. The van der Waals surface area contributed by atoms with Crippen molar-refractivity contribution in [2.45, 2.75) is 21.9 Å². The van der Waals surface area contributed by atoms with Crippen LogP contribution in [0.1, 0.15) is 0 Å². The van der Waals surface area contributed by atoms with Gasteiger partial charge in [0.25, 0.3) is 11.4 Å². The summed E-state index contributed by atoms with van der Waals surface area (Å²) in [4.78, 5) is 42.2. The number of rotatable bonds is 15. The van der Waals surface area contributed by atoms with E-state index in [1.807, 2.05) is 9.44 Å². The Morgan fingerprint density at radius 1 is 0.711 bits per heavy atom. The van der Waals surface area contributed by atoms with E-state index in [9.17, 15) is 56.9 Å². The highest BCUT2D eigenvalue weighted by Gasteiger charge is 2.28. The van der Waals surface area contributed by atoms with Crippen LogP contribution in [0.25, 0.3) is 0 Å². The number of carboxylic acid groups (broad SMARTS) is 2. The molecule has 0 unspecified atom stereocenters. The summed E-state index contributed by atoms with van der Waals surface area (Å²) in [5.41, 5.74) is -0.745. The highest BCUT2D eigenvalue weighted by Crippen LogP contribution is 2.25. The van der Waals surface area contributed by atoms with Gasteiger partial charge in [-0.15, -0.1) is 0 Å². The minimum absolute atomic E-state index is 0.372. The SMILES string of the molecule is O=C(O)[C@H](CSSC[C@@H](NS(=O)(=O)c1ccc([N+](=O)[O-])cc1)C(=O)O)NS(=O)(=O)c1ccc([N+](=O)[O-])cc1. The van der Waals surface area contributed by atoms with Gasteiger partial charge in [-0.3, -0.25) is 29.8 Å². The van der Waals surface area contributed by atoms with E-state index >= 15 is 0 Å². The Morgan fingerprint density at radius 3 is 1.24 bits per heavy atom. The fourth-order valence-corrected chi connectivity index (χ4v) is 7.45. The molecule has 0 bridgehead atoms. The van der Waals surface area contributed by atoms with Crippen LogP contribution in [0.15, 0.2) is 58.3 Å². The van der Waals surface area contributed by atoms with Crippen molar-refractivity contribution in [3.05, 3.63) is 68.8 Å². The molecule has 0 radical (unpaired) electrons. The molecule has 4 N–H and O–H groups in total. The number of aliphatic carboxylic acids is 2. The zero-order chi connectivity index (χ0) is 28.7. The van der Waals surface area contributed by atoms with Crippen molar-refractivity contribution in [2.24, 2.45) is 0 Å². The van der Waals surface area contributed by atoms with Crippen molar-refractivity contribution in [1.82, 2.24) is 9.44 Å². The smallest absolute Gasteiger partial charge is 0.322 e. The number of carboxylic acids is 2. The lowest BCUT2D eigenvalue weighted by Crippen LogP contribution is -2.43. The molecule has 0 saturated heterocycles. The molecule has 20 heteroatoms. The van der Waals surface area contributed by atoms with Gasteiger partial charge in [-0.25, -0.2) is 16.8 Å². The third-order valence-electron chi connectivity index (χ3n) is 4.46. The number of non-ortho nitro benzene ring substituents is 2. The summed E-state index contributed by atoms with van der Waals surface area (Å²) >= 11 is 0. The normalized spacial score (nSPS) is 13.4. The summed E-state index contributed by atoms with van der Waals surface area (Å²) in [6.07, 6.45) is 0. The topological polar surface area (TPSA) is 253 Å². The van der Waals surface area contributed by atoms with Gasteiger partial charge in [0.15, 0.2) is 0 Å². The summed E-state index contributed by atoms with van der Waals surface area (Å²) < 4.78 is 53.7. The first-order chi connectivity index (χ1) is 17.6. The van der Waals surface area contributed by atoms with Crippen molar-refractivity contribution in [2.75, 3.05) is 11.5 Å². The molecule has 0 aromatic heterocycles. The van der Waals surface area contributed by atoms with Gasteiger partial charge in [0.05, 0.1) is 19.6 Å². The third-order valence-corrected chi connectivity index (χ3v) is 9.86. The number of hydrogen-bond acceptors (Lipinski definition) is 12. The predicted octanol–water partition coefficient (Wildman–Crippen LogP) is 1.05. The molecule has 0 aliphatic rings. The molecule has 206 valence electrons. The van der Waals surface area contributed by atoms with Crippen molar-refractivity contribution >= 4 is 64.9 Å². The predicted molar refractivity (Wildman–Crippen MR) is 135 cm³/mol. The number of carbonyl (C=O) groups is 2. The number of nitro groups is 2. The van der Waals surface area contributed by atoms with Crippen LogP contribution >= 0.6 is 21.6 Å². The average Bonchev–Trinajstić information content (AvgIpc) is 2.84. The lowest BCUT2D eigenvalue weighted by molar-refractivity contribution is -0.385. The maximum atomic E-state index is 12.5. The maximum absolute atomic E-state index is 12.5. The second-order valence-electron chi connectivity index (χ2n) is 7.10. The first-order valence-corrected chi connectivity index (χ1v) is 15.3. The summed E-state index contributed by atoms with van der Waals surface area (Å²) in [5, 5.41) is 40.1. The van der Waals surface area contributed by atoms with E-state index in [0.717, 1.165) is 70.1 Å². The zero-order valence-electron chi connectivity index (χ0n) is 18.7. The van der Waals surface area contributed by atoms with Crippen LogP contribution in [-0.2, 0) is 29.6 Å². The monoisotopic (exact) mass is 610 g/mol. The van der Waals surface area contributed by atoms with Gasteiger partial charge in [0, 0.05) is 35.8 Å². The Kier molecular flexibility index (Phi) is 10.6. The quantitative estimate of drug-likeness (QED) is 0.0951. The zero-order valence-corrected chi connectivity index (χ0v) is 22.0. The molecule has 0 heterocycles. The molecule has 0 aliphatic carbocycles. The van der Waals surface area contributed by atoms with Crippen LogP contribution in [-0.4, -0.2) is 72.4 Å². The number of benzene rings is 2. The van der Waals surface area contributed by atoms with Crippen LogP contribution in [0, 0.1) is 20.2 Å². The average molecular weight is 611 g/mol. The fraction of sp³-hybridized carbons (Fsp3) is 0.222. The molecule has 2 aromatic carbocycles. The highest BCUT2D eigenvalue weighted by molar-refractivity contribution is 8.76. The molecule has 0 aliphatic heterocycles. The number of sulfonamides is 2. The molecule has 0 spiro atoms. The van der Waals surface area contributed by atoms with E-state index in [0.29, 0.717) is 0 Å². The summed E-state index contributed by atoms with van der Waals surface area (Å²) in [7, 11) is -7.26. The van der Waals surface area contributed by atoms with Crippen LogP contribution in [0.3, 0.4) is 0 Å². The number of hydrogen-bond donors (Lipinski definition) is 4. The van der Waals surface area contributed by atoms with Gasteiger partial charge < -0.3 is 10.2 Å². The lowest BCUT2D eigenvalue weighted by Gasteiger charge is -2.16. The van der Waals surface area contributed by atoms with E-state index in [4.69, 9.17) is 0 Å². The molecule has 16 nitrogen and oxygen atoms in total. The van der Waals surface area contributed by atoms with E-state index in [1.165, 1.54) is 0 Å². The van der Waals surface area contributed by atoms with Gasteiger partial charge in [0.2, 0.25) is 20.0 Å². The second kappa shape index (κ2) is 13.0. The van der Waals surface area contributed by atoms with Crippen LogP contribution in [0.5, 0.6) is 0 Å². The second-order valence-corrected chi connectivity index (χ2v) is 13.1. The van der Waals surface area contributed by atoms with Gasteiger partial charge in [-0.2, -0.15) is 9.44 Å². The summed E-state index contributed by atoms with van der Waals surface area (Å²) in [6, 6.07) is 4.08. The molecule has 38 heavy (non-hydrogen) atoms. The van der Waals surface area contributed by atoms with Gasteiger partial charge >= 0.3 is 11.9 Å². The van der Waals surface area contributed by atoms with E-state index in [-0.39, 0.29) is 11.4 Å². The van der Waals surface area contributed by atoms with Crippen LogP contribution < -0.4 is 9.44 Å². The summed E-state index contributed by atoms with van der Waals surface area (Å²) in [5.74, 6) is -3.91. The fourth-order valence-electron chi connectivity index (χ4n) is 2.55. The Labute approximate surface area is 222 Å². The van der Waals surface area contributed by atoms with Crippen molar-refractivity contribution < 1.29 is 46.5 Å². The minimum atomic E-state index is -4.38. The van der Waals surface area contributed by atoms with Crippen molar-refractivity contribution in [3.63, 3.8) is 0 Å². The Bertz CT molecular complexity index is 1300. The van der Waals surface area contributed by atoms with Gasteiger partial charge in [0.1, 0.15) is 12.1 Å². The number of nitrogens with zero attached hydrogens (tertiary/aromatic N) is 2. The lowest BCUT2D eigenvalue weighted by atomic mass is 10.3.